The fourth-order valence-corrected chi connectivity index (χ4v) is 9.67. The molecule has 4 aliphatic rings. The highest BCUT2D eigenvalue weighted by Crippen LogP contribution is 2.44. The van der Waals surface area contributed by atoms with Crippen LogP contribution < -0.4 is 20.4 Å². The standard InChI is InChI=1S/C44H39FN6O4S/c1-26-6-4-8-29(23-46)38(26)49-42(53)37-21-28-14-17-51(36-11-3-2-9-32(36)39(28)56-37)43(54)31-13-12-30(22-34(31)45)47-41(52)33-20-27-7-5-10-35(27)48-40(33)50-24-44(25-50)15-18-55-19-16-44/h2-4,6,8-9,11-13,20-22H,5,7,10,14-19,24-25H2,1H3,(H,47,52)(H,49,53). The molecule has 1 aliphatic carbocycles. The molecule has 0 atom stereocenters. The van der Waals surface area contributed by atoms with Crippen LogP contribution in [0, 0.1) is 29.5 Å². The van der Waals surface area contributed by atoms with Crippen LogP contribution in [0.2, 0.25) is 0 Å². The molecule has 2 aromatic heterocycles. The number of nitrogens with zero attached hydrogens (tertiary/aromatic N) is 4. The number of hydrogen-bond acceptors (Lipinski definition) is 8. The third-order valence-electron chi connectivity index (χ3n) is 11.6. The smallest absolute Gasteiger partial charge is 0.265 e. The van der Waals surface area contributed by atoms with E-state index in [-0.39, 0.29) is 35.0 Å². The van der Waals surface area contributed by atoms with E-state index in [9.17, 15) is 19.6 Å². The van der Waals surface area contributed by atoms with Crippen LogP contribution in [0.1, 0.15) is 77.6 Å². The van der Waals surface area contributed by atoms with Crippen molar-refractivity contribution in [2.75, 3.05) is 53.3 Å². The van der Waals surface area contributed by atoms with Crippen LogP contribution in [0.25, 0.3) is 10.4 Å². The molecule has 5 heterocycles. The average Bonchev–Trinajstić information content (AvgIpc) is 3.81. The van der Waals surface area contributed by atoms with Crippen molar-refractivity contribution in [1.82, 2.24) is 4.98 Å². The van der Waals surface area contributed by atoms with Crippen LogP contribution in [0.5, 0.6) is 0 Å². The van der Waals surface area contributed by atoms with E-state index in [1.54, 1.807) is 23.1 Å². The van der Waals surface area contributed by atoms with Crippen molar-refractivity contribution in [1.29, 1.82) is 5.26 Å². The Labute approximate surface area is 327 Å². The molecule has 0 radical (unpaired) electrons. The van der Waals surface area contributed by atoms with Crippen molar-refractivity contribution in [3.63, 3.8) is 0 Å². The normalized spacial score (nSPS) is 16.5. The quantitative estimate of drug-likeness (QED) is 0.180. The van der Waals surface area contributed by atoms with Crippen LogP contribution in [-0.2, 0) is 24.0 Å². The Bertz CT molecular complexity index is 2480. The Morgan fingerprint density at radius 3 is 2.54 bits per heavy atom. The van der Waals surface area contributed by atoms with Gasteiger partial charge in [-0.15, -0.1) is 11.3 Å². The summed E-state index contributed by atoms with van der Waals surface area (Å²) in [6.45, 7) is 5.27. The van der Waals surface area contributed by atoms with E-state index in [0.29, 0.717) is 39.6 Å². The maximum atomic E-state index is 16.0. The zero-order valence-electron chi connectivity index (χ0n) is 30.9. The summed E-state index contributed by atoms with van der Waals surface area (Å²) in [6.07, 6.45) is 5.20. The summed E-state index contributed by atoms with van der Waals surface area (Å²) in [7, 11) is 0. The van der Waals surface area contributed by atoms with Crippen molar-refractivity contribution < 1.29 is 23.5 Å². The van der Waals surface area contributed by atoms with E-state index in [2.05, 4.69) is 21.6 Å². The summed E-state index contributed by atoms with van der Waals surface area (Å²) >= 11 is 1.32. The van der Waals surface area contributed by atoms with E-state index in [4.69, 9.17) is 9.72 Å². The number of para-hydroxylation sites is 2. The van der Waals surface area contributed by atoms with E-state index in [0.717, 1.165) is 91.2 Å². The number of hydrogen-bond donors (Lipinski definition) is 2. The number of amides is 3. The van der Waals surface area contributed by atoms with Crippen LogP contribution >= 0.6 is 11.3 Å². The van der Waals surface area contributed by atoms with E-state index >= 15 is 4.39 Å². The molecule has 3 amide bonds. The number of carbonyl (C=O) groups excluding carboxylic acids is 3. The number of nitrogens with one attached hydrogen (secondary N) is 2. The average molecular weight is 767 g/mol. The zero-order valence-corrected chi connectivity index (χ0v) is 31.7. The monoisotopic (exact) mass is 766 g/mol. The first-order chi connectivity index (χ1) is 27.2. The van der Waals surface area contributed by atoms with Gasteiger partial charge in [0.25, 0.3) is 17.7 Å². The summed E-state index contributed by atoms with van der Waals surface area (Å²) in [5, 5.41) is 15.4. The highest BCUT2D eigenvalue weighted by Gasteiger charge is 2.45. The molecule has 0 unspecified atom stereocenters. The lowest BCUT2D eigenvalue weighted by molar-refractivity contribution is -0.000521. The zero-order chi connectivity index (χ0) is 38.6. The number of ether oxygens (including phenoxy) is 1. The fraction of sp³-hybridized carbons (Fsp3) is 0.295. The lowest BCUT2D eigenvalue weighted by atomic mass is 9.73. The SMILES string of the molecule is Cc1cccc(C#N)c1NC(=O)c1cc2c(s1)-c1ccccc1N(C(=O)c1ccc(NC(=O)c3cc4c(nc3N3CC5(CCOCC5)C3)CCC4)cc1F)CC2. The lowest BCUT2D eigenvalue weighted by Crippen LogP contribution is -2.59. The molecule has 9 rings (SSSR count). The molecule has 12 heteroatoms. The predicted octanol–water partition coefficient (Wildman–Crippen LogP) is 7.94. The molecular weight excluding hydrogens is 728 g/mol. The molecular formula is C44H39FN6O4S. The van der Waals surface area contributed by atoms with Gasteiger partial charge in [-0.25, -0.2) is 9.37 Å². The molecule has 3 aliphatic heterocycles. The maximum absolute atomic E-state index is 16.0. The van der Waals surface area contributed by atoms with Crippen molar-refractivity contribution in [3.05, 3.63) is 123 Å². The molecule has 0 saturated carbocycles. The molecule has 1 spiro atoms. The Hall–Kier alpha value is -5.90. The first kappa shape index (κ1) is 35.8. The molecule has 5 aromatic rings. The minimum atomic E-state index is -0.743. The number of carbonyl (C=O) groups is 3. The third kappa shape index (κ3) is 6.40. The first-order valence-corrected chi connectivity index (χ1v) is 19.8. The van der Waals surface area contributed by atoms with E-state index in [1.165, 1.54) is 23.5 Å². The van der Waals surface area contributed by atoms with E-state index < -0.39 is 11.7 Å². The van der Waals surface area contributed by atoms with Crippen molar-refractivity contribution in [2.24, 2.45) is 5.41 Å². The number of aromatic nitrogens is 1. The Morgan fingerprint density at radius 1 is 0.911 bits per heavy atom. The highest BCUT2D eigenvalue weighted by atomic mass is 32.1. The van der Waals surface area contributed by atoms with Gasteiger partial charge in [0.2, 0.25) is 0 Å². The van der Waals surface area contributed by atoms with Gasteiger partial charge in [0.05, 0.1) is 32.9 Å². The molecule has 2 fully saturated rings. The molecule has 10 nitrogen and oxygen atoms in total. The first-order valence-electron chi connectivity index (χ1n) is 19.0. The minimum absolute atomic E-state index is 0.114. The van der Waals surface area contributed by atoms with Gasteiger partial charge in [-0.05, 0) is 105 Å². The Morgan fingerprint density at radius 2 is 1.73 bits per heavy atom. The molecule has 2 saturated heterocycles. The number of anilines is 4. The second-order valence-electron chi connectivity index (χ2n) is 15.2. The second kappa shape index (κ2) is 14.3. The topological polar surface area (TPSA) is 128 Å². The Balaban J connectivity index is 0.936. The van der Waals surface area contributed by atoms with Crippen molar-refractivity contribution in [2.45, 2.75) is 45.4 Å². The minimum Gasteiger partial charge on any atom is -0.381 e. The van der Waals surface area contributed by atoms with Crippen molar-refractivity contribution >= 4 is 51.9 Å². The lowest BCUT2D eigenvalue weighted by Gasteiger charge is -2.53. The fourth-order valence-electron chi connectivity index (χ4n) is 8.53. The third-order valence-corrected chi connectivity index (χ3v) is 12.8. The number of nitriles is 1. The predicted molar refractivity (Wildman–Crippen MR) is 214 cm³/mol. The summed E-state index contributed by atoms with van der Waals surface area (Å²) in [6, 6.07) is 22.8. The molecule has 56 heavy (non-hydrogen) atoms. The van der Waals surface area contributed by atoms with Gasteiger partial charge in [-0.1, -0.05) is 30.3 Å². The number of benzene rings is 3. The number of rotatable bonds is 6. The summed E-state index contributed by atoms with van der Waals surface area (Å²) < 4.78 is 21.5. The number of halogens is 1. The second-order valence-corrected chi connectivity index (χ2v) is 16.2. The van der Waals surface area contributed by atoms with Gasteiger partial charge in [0.1, 0.15) is 17.7 Å². The van der Waals surface area contributed by atoms with Crippen LogP contribution in [0.15, 0.2) is 72.8 Å². The Kier molecular flexibility index (Phi) is 9.14. The van der Waals surface area contributed by atoms with Gasteiger partial charge in [0, 0.05) is 60.1 Å². The molecule has 282 valence electrons. The number of pyridine rings is 1. The van der Waals surface area contributed by atoms with Crippen LogP contribution in [-0.4, -0.2) is 55.6 Å². The highest BCUT2D eigenvalue weighted by molar-refractivity contribution is 7.17. The van der Waals surface area contributed by atoms with Crippen LogP contribution in [0.4, 0.5) is 27.3 Å². The summed E-state index contributed by atoms with van der Waals surface area (Å²) in [5.74, 6) is -1.25. The summed E-state index contributed by atoms with van der Waals surface area (Å²) in [4.78, 5) is 51.5. The number of thiophene rings is 1. The van der Waals surface area contributed by atoms with Gasteiger partial charge in [0.15, 0.2) is 0 Å². The maximum Gasteiger partial charge on any atom is 0.265 e. The molecule has 3 aromatic carbocycles. The van der Waals surface area contributed by atoms with Crippen molar-refractivity contribution in [3.8, 4) is 16.5 Å². The van der Waals surface area contributed by atoms with Gasteiger partial charge in [-0.3, -0.25) is 14.4 Å². The van der Waals surface area contributed by atoms with Gasteiger partial charge in [-0.2, -0.15) is 5.26 Å². The molecule has 0 bridgehead atoms. The largest absolute Gasteiger partial charge is 0.381 e. The summed E-state index contributed by atoms with van der Waals surface area (Å²) in [5.41, 5.74) is 6.85. The van der Waals surface area contributed by atoms with Gasteiger partial charge >= 0.3 is 0 Å². The number of aryl methyl sites for hydroxylation is 3. The van der Waals surface area contributed by atoms with E-state index in [1.807, 2.05) is 49.4 Å². The molecule has 2 N–H and O–H groups in total. The van der Waals surface area contributed by atoms with Crippen LogP contribution in [0.3, 0.4) is 0 Å². The van der Waals surface area contributed by atoms with Gasteiger partial charge < -0.3 is 25.2 Å². The number of fused-ring (bicyclic) bond motifs is 4.